The lowest BCUT2D eigenvalue weighted by molar-refractivity contribution is 0.372. The van der Waals surface area contributed by atoms with Gasteiger partial charge in [-0.25, -0.2) is 4.68 Å². The summed E-state index contributed by atoms with van der Waals surface area (Å²) in [6, 6.07) is 7.57. The Morgan fingerprint density at radius 1 is 1.35 bits per heavy atom. The molecule has 2 aromatic rings. The van der Waals surface area contributed by atoms with E-state index in [1.54, 1.807) is 4.68 Å². The molecule has 0 atom stereocenters. The van der Waals surface area contributed by atoms with E-state index in [4.69, 9.17) is 5.73 Å². The van der Waals surface area contributed by atoms with E-state index in [1.165, 1.54) is 0 Å². The fourth-order valence-electron chi connectivity index (χ4n) is 1.53. The van der Waals surface area contributed by atoms with E-state index in [2.05, 4.69) is 20.4 Å². The zero-order valence-electron chi connectivity index (χ0n) is 10.0. The normalized spacial score (nSPS) is 11.0. The number of benzene rings is 1. The van der Waals surface area contributed by atoms with Crippen molar-refractivity contribution in [3.63, 3.8) is 0 Å². The van der Waals surface area contributed by atoms with E-state index in [0.717, 1.165) is 24.5 Å². The molecule has 0 aliphatic rings. The molecule has 0 radical (unpaired) electrons. The largest absolute Gasteiger partial charge is 0.399 e. The maximum Gasteiger partial charge on any atom is 0.182 e. The first kappa shape index (κ1) is 11.5. The van der Waals surface area contributed by atoms with E-state index < -0.39 is 0 Å². The van der Waals surface area contributed by atoms with Gasteiger partial charge in [-0.2, -0.15) is 0 Å². The molecule has 0 aliphatic carbocycles. The number of tetrazole rings is 1. The highest BCUT2D eigenvalue weighted by Crippen LogP contribution is 2.17. The van der Waals surface area contributed by atoms with E-state index in [-0.39, 0.29) is 0 Å². The lowest BCUT2D eigenvalue weighted by Crippen LogP contribution is -2.19. The highest BCUT2D eigenvalue weighted by molar-refractivity contribution is 5.60. The molecule has 0 unspecified atom stereocenters. The molecule has 2 N–H and O–H groups in total. The van der Waals surface area contributed by atoms with Gasteiger partial charge in [0.25, 0.3) is 0 Å². The van der Waals surface area contributed by atoms with Crippen LogP contribution in [0.4, 0.5) is 5.69 Å². The van der Waals surface area contributed by atoms with Gasteiger partial charge in [-0.1, -0.05) is 12.1 Å². The van der Waals surface area contributed by atoms with Crippen molar-refractivity contribution in [3.8, 4) is 11.4 Å². The van der Waals surface area contributed by atoms with Crippen LogP contribution in [0, 0.1) is 0 Å². The quantitative estimate of drug-likeness (QED) is 0.776. The molecule has 0 saturated heterocycles. The predicted molar refractivity (Wildman–Crippen MR) is 66.2 cm³/mol. The third-order valence-corrected chi connectivity index (χ3v) is 2.44. The molecule has 0 fully saturated rings. The minimum Gasteiger partial charge on any atom is -0.399 e. The molecular formula is C11H16N6. The Bertz CT molecular complexity index is 490. The van der Waals surface area contributed by atoms with Crippen LogP contribution in [0.2, 0.25) is 0 Å². The molecule has 0 amide bonds. The number of likely N-dealkylation sites (N-methyl/N-ethyl adjacent to an activating group) is 1. The van der Waals surface area contributed by atoms with Gasteiger partial charge in [0.15, 0.2) is 5.82 Å². The van der Waals surface area contributed by atoms with Crippen LogP contribution in [0.1, 0.15) is 0 Å². The molecule has 1 heterocycles. The van der Waals surface area contributed by atoms with Crippen molar-refractivity contribution in [1.82, 2.24) is 25.1 Å². The fourth-order valence-corrected chi connectivity index (χ4v) is 1.53. The number of aromatic nitrogens is 4. The molecule has 90 valence electrons. The van der Waals surface area contributed by atoms with Gasteiger partial charge in [-0.05, 0) is 36.7 Å². The molecule has 0 spiro atoms. The second kappa shape index (κ2) is 4.92. The molecule has 6 nitrogen and oxygen atoms in total. The maximum atomic E-state index is 5.75. The van der Waals surface area contributed by atoms with E-state index >= 15 is 0 Å². The predicted octanol–water partition coefficient (Wildman–Crippen LogP) is 0.484. The third-order valence-electron chi connectivity index (χ3n) is 2.44. The summed E-state index contributed by atoms with van der Waals surface area (Å²) >= 11 is 0. The number of hydrogen-bond acceptors (Lipinski definition) is 5. The molecule has 2 rings (SSSR count). The number of anilines is 1. The zero-order chi connectivity index (χ0) is 12.3. The van der Waals surface area contributed by atoms with Crippen LogP contribution >= 0.6 is 0 Å². The average molecular weight is 232 g/mol. The van der Waals surface area contributed by atoms with E-state index in [0.29, 0.717) is 5.69 Å². The van der Waals surface area contributed by atoms with Gasteiger partial charge in [0.05, 0.1) is 6.54 Å². The van der Waals surface area contributed by atoms with E-state index in [1.807, 2.05) is 38.4 Å². The molecule has 1 aromatic heterocycles. The highest BCUT2D eigenvalue weighted by Gasteiger charge is 2.08. The van der Waals surface area contributed by atoms with E-state index in [9.17, 15) is 0 Å². The molecule has 0 bridgehead atoms. The Morgan fingerprint density at radius 3 is 2.88 bits per heavy atom. The van der Waals surface area contributed by atoms with Gasteiger partial charge >= 0.3 is 0 Å². The van der Waals surface area contributed by atoms with Crippen molar-refractivity contribution < 1.29 is 0 Å². The number of nitrogens with two attached hydrogens (primary N) is 1. The SMILES string of the molecule is CN(C)CCn1nnnc1-c1cccc(N)c1. The lowest BCUT2D eigenvalue weighted by Gasteiger charge is -2.10. The maximum absolute atomic E-state index is 5.75. The van der Waals surface area contributed by atoms with Crippen LogP contribution in [0.15, 0.2) is 24.3 Å². The van der Waals surface area contributed by atoms with Crippen molar-refractivity contribution in [2.45, 2.75) is 6.54 Å². The smallest absolute Gasteiger partial charge is 0.182 e. The van der Waals surface area contributed by atoms with Crippen LogP contribution in [-0.2, 0) is 6.54 Å². The first-order valence-electron chi connectivity index (χ1n) is 5.43. The molecule has 6 heteroatoms. The second-order valence-electron chi connectivity index (χ2n) is 4.15. The molecule has 17 heavy (non-hydrogen) atoms. The number of rotatable bonds is 4. The third kappa shape index (κ3) is 2.79. The summed E-state index contributed by atoms with van der Waals surface area (Å²) in [5.41, 5.74) is 7.40. The highest BCUT2D eigenvalue weighted by atomic mass is 15.5. The van der Waals surface area contributed by atoms with Crippen molar-refractivity contribution >= 4 is 5.69 Å². The monoisotopic (exact) mass is 232 g/mol. The molecule has 1 aromatic carbocycles. The minimum atomic E-state index is 0.713. The number of nitrogen functional groups attached to an aromatic ring is 1. The number of nitrogens with zero attached hydrogens (tertiary/aromatic N) is 5. The van der Waals surface area contributed by atoms with Crippen molar-refractivity contribution in [2.24, 2.45) is 0 Å². The van der Waals surface area contributed by atoms with Crippen LogP contribution < -0.4 is 5.73 Å². The van der Waals surface area contributed by atoms with Crippen LogP contribution in [0.3, 0.4) is 0 Å². The molecular weight excluding hydrogens is 216 g/mol. The Morgan fingerprint density at radius 2 is 2.18 bits per heavy atom. The Hall–Kier alpha value is -1.95. The molecule has 0 saturated carbocycles. The van der Waals surface area contributed by atoms with Crippen molar-refractivity contribution in [3.05, 3.63) is 24.3 Å². The number of hydrogen-bond donors (Lipinski definition) is 1. The summed E-state index contributed by atoms with van der Waals surface area (Å²) in [6.07, 6.45) is 0. The Labute approximate surface area is 100 Å². The van der Waals surface area contributed by atoms with Gasteiger partial charge in [0, 0.05) is 17.8 Å². The average Bonchev–Trinajstić information content (AvgIpc) is 2.74. The van der Waals surface area contributed by atoms with Crippen LogP contribution in [-0.4, -0.2) is 45.7 Å². The zero-order valence-corrected chi connectivity index (χ0v) is 10.0. The minimum absolute atomic E-state index is 0.713. The summed E-state index contributed by atoms with van der Waals surface area (Å²) in [7, 11) is 4.04. The van der Waals surface area contributed by atoms with Gasteiger partial charge in [0.2, 0.25) is 0 Å². The summed E-state index contributed by atoms with van der Waals surface area (Å²) < 4.78 is 1.79. The fraction of sp³-hybridized carbons (Fsp3) is 0.364. The van der Waals surface area contributed by atoms with Gasteiger partial charge in [0.1, 0.15) is 0 Å². The van der Waals surface area contributed by atoms with Gasteiger partial charge in [-0.3, -0.25) is 0 Å². The molecule has 0 aliphatic heterocycles. The van der Waals surface area contributed by atoms with Crippen LogP contribution in [0.5, 0.6) is 0 Å². The summed E-state index contributed by atoms with van der Waals surface area (Å²) in [5.74, 6) is 0.749. The standard InChI is InChI=1S/C11H16N6/c1-16(2)6-7-17-11(13-14-15-17)9-4-3-5-10(12)8-9/h3-5,8H,6-7,12H2,1-2H3. The first-order chi connectivity index (χ1) is 8.16. The van der Waals surface area contributed by atoms with Gasteiger partial charge < -0.3 is 10.6 Å². The van der Waals surface area contributed by atoms with Crippen molar-refractivity contribution in [1.29, 1.82) is 0 Å². The Balaban J connectivity index is 2.24. The lowest BCUT2D eigenvalue weighted by atomic mass is 10.2. The first-order valence-corrected chi connectivity index (χ1v) is 5.43. The summed E-state index contributed by atoms with van der Waals surface area (Å²) in [5, 5.41) is 11.7. The summed E-state index contributed by atoms with van der Waals surface area (Å²) in [6.45, 7) is 1.64. The van der Waals surface area contributed by atoms with Crippen molar-refractivity contribution in [2.75, 3.05) is 26.4 Å². The Kier molecular flexibility index (Phi) is 3.34. The summed E-state index contributed by atoms with van der Waals surface area (Å²) in [4.78, 5) is 2.09. The topological polar surface area (TPSA) is 72.9 Å². The van der Waals surface area contributed by atoms with Gasteiger partial charge in [-0.15, -0.1) is 5.10 Å². The van der Waals surface area contributed by atoms with Crippen LogP contribution in [0.25, 0.3) is 11.4 Å². The second-order valence-corrected chi connectivity index (χ2v) is 4.15.